The second-order valence-electron chi connectivity index (χ2n) is 5.41. The Bertz CT molecular complexity index is 930. The molecule has 4 nitrogen and oxygen atoms in total. The van der Waals surface area contributed by atoms with E-state index in [2.05, 4.69) is 26.2 Å². The number of halogens is 1. The number of hydrogen-bond donors (Lipinski definition) is 2. The summed E-state index contributed by atoms with van der Waals surface area (Å²) in [4.78, 5) is 27.0. The van der Waals surface area contributed by atoms with Crippen LogP contribution >= 0.6 is 15.9 Å². The van der Waals surface area contributed by atoms with E-state index in [1.54, 1.807) is 6.07 Å². The summed E-state index contributed by atoms with van der Waals surface area (Å²) in [6.07, 6.45) is 0. The minimum absolute atomic E-state index is 0.264. The molecular weight excluding hydrogens is 356 g/mol. The highest BCUT2D eigenvalue weighted by atomic mass is 79.9. The predicted molar refractivity (Wildman–Crippen MR) is 94.6 cm³/mol. The van der Waals surface area contributed by atoms with Gasteiger partial charge in [0.1, 0.15) is 0 Å². The molecule has 0 aliphatic rings. The monoisotopic (exact) mass is 370 g/mol. The molecule has 23 heavy (non-hydrogen) atoms. The quantitative estimate of drug-likeness (QED) is 0.740. The average Bonchev–Trinajstić information content (AvgIpc) is 2.53. The second-order valence-corrected chi connectivity index (χ2v) is 6.32. The molecule has 3 rings (SSSR count). The second kappa shape index (κ2) is 6.38. The van der Waals surface area contributed by atoms with E-state index in [1.807, 2.05) is 43.3 Å². The Kier molecular flexibility index (Phi) is 4.30. The Morgan fingerprint density at radius 1 is 1.13 bits per heavy atom. The summed E-state index contributed by atoms with van der Waals surface area (Å²) >= 11 is 3.39. The maximum absolute atomic E-state index is 12.5. The summed E-state index contributed by atoms with van der Waals surface area (Å²) in [5.41, 5.74) is 2.91. The van der Waals surface area contributed by atoms with Gasteiger partial charge in [0.2, 0.25) is 5.56 Å². The summed E-state index contributed by atoms with van der Waals surface area (Å²) in [5.74, 6) is -0.264. The maximum Gasteiger partial charge on any atom is 0.252 e. The highest BCUT2D eigenvalue weighted by Gasteiger charge is 2.12. The first kappa shape index (κ1) is 15.5. The minimum Gasteiger partial charge on any atom is -0.348 e. The molecule has 2 N–H and O–H groups in total. The van der Waals surface area contributed by atoms with Gasteiger partial charge in [-0.25, -0.2) is 0 Å². The van der Waals surface area contributed by atoms with E-state index < -0.39 is 0 Å². The number of pyridine rings is 1. The average molecular weight is 371 g/mol. The third-order valence-corrected chi connectivity index (χ3v) is 4.12. The first-order chi connectivity index (χ1) is 11.0. The lowest BCUT2D eigenvalue weighted by Gasteiger charge is -2.08. The van der Waals surface area contributed by atoms with Crippen molar-refractivity contribution in [3.05, 3.63) is 80.0 Å². The van der Waals surface area contributed by atoms with Gasteiger partial charge in [-0.05, 0) is 30.7 Å². The number of aryl methyl sites for hydroxylation is 1. The zero-order valence-corrected chi connectivity index (χ0v) is 14.1. The molecule has 0 saturated carbocycles. The molecule has 0 radical (unpaired) electrons. The van der Waals surface area contributed by atoms with E-state index in [4.69, 9.17) is 0 Å². The lowest BCUT2D eigenvalue weighted by atomic mass is 10.1. The number of carbonyl (C=O) groups is 1. The van der Waals surface area contributed by atoms with Gasteiger partial charge < -0.3 is 10.3 Å². The van der Waals surface area contributed by atoms with Crippen LogP contribution < -0.4 is 10.9 Å². The molecule has 0 aliphatic carbocycles. The molecule has 2 aromatic carbocycles. The molecule has 0 atom stereocenters. The molecule has 0 saturated heterocycles. The van der Waals surface area contributed by atoms with Crippen LogP contribution in [0.2, 0.25) is 0 Å². The van der Waals surface area contributed by atoms with Crippen LogP contribution in [0.1, 0.15) is 21.5 Å². The summed E-state index contributed by atoms with van der Waals surface area (Å²) in [6.45, 7) is 2.43. The van der Waals surface area contributed by atoms with Crippen molar-refractivity contribution < 1.29 is 4.79 Å². The van der Waals surface area contributed by atoms with Gasteiger partial charge in [-0.3, -0.25) is 9.59 Å². The van der Waals surface area contributed by atoms with Crippen molar-refractivity contribution in [2.24, 2.45) is 0 Å². The molecule has 3 aromatic rings. The Morgan fingerprint density at radius 2 is 1.87 bits per heavy atom. The fourth-order valence-electron chi connectivity index (χ4n) is 2.40. The number of hydrogen-bond acceptors (Lipinski definition) is 2. The largest absolute Gasteiger partial charge is 0.348 e. The van der Waals surface area contributed by atoms with Crippen molar-refractivity contribution >= 4 is 32.7 Å². The molecule has 116 valence electrons. The van der Waals surface area contributed by atoms with Crippen LogP contribution in [-0.4, -0.2) is 10.9 Å². The van der Waals surface area contributed by atoms with E-state index in [0.29, 0.717) is 23.0 Å². The Balaban J connectivity index is 1.89. The minimum atomic E-state index is -0.291. The van der Waals surface area contributed by atoms with Crippen LogP contribution in [0.3, 0.4) is 0 Å². The predicted octanol–water partition coefficient (Wildman–Crippen LogP) is 3.53. The highest BCUT2D eigenvalue weighted by Crippen LogP contribution is 2.20. The topological polar surface area (TPSA) is 62.0 Å². The first-order valence-corrected chi connectivity index (χ1v) is 7.98. The first-order valence-electron chi connectivity index (χ1n) is 7.19. The van der Waals surface area contributed by atoms with Crippen molar-refractivity contribution in [3.8, 4) is 0 Å². The van der Waals surface area contributed by atoms with E-state index in [0.717, 1.165) is 10.0 Å². The molecule has 5 heteroatoms. The fourth-order valence-corrected chi connectivity index (χ4v) is 2.76. The van der Waals surface area contributed by atoms with E-state index in [1.165, 1.54) is 11.6 Å². The molecule has 0 bridgehead atoms. The van der Waals surface area contributed by atoms with E-state index >= 15 is 0 Å². The lowest BCUT2D eigenvalue weighted by molar-refractivity contribution is 0.0952. The number of aromatic nitrogens is 1. The Labute approximate surface area is 141 Å². The number of carbonyl (C=O) groups excluding carboxylic acids is 1. The molecule has 0 unspecified atom stereocenters. The molecule has 1 heterocycles. The fraction of sp³-hybridized carbons (Fsp3) is 0.111. The van der Waals surface area contributed by atoms with Gasteiger partial charge in [-0.2, -0.15) is 0 Å². The third kappa shape index (κ3) is 3.51. The molecule has 0 spiro atoms. The molecule has 1 aromatic heterocycles. The summed E-state index contributed by atoms with van der Waals surface area (Å²) in [5, 5.41) is 3.58. The zero-order valence-electron chi connectivity index (χ0n) is 12.5. The third-order valence-electron chi connectivity index (χ3n) is 3.62. The van der Waals surface area contributed by atoms with E-state index in [9.17, 15) is 9.59 Å². The van der Waals surface area contributed by atoms with Crippen molar-refractivity contribution in [2.75, 3.05) is 0 Å². The van der Waals surface area contributed by atoms with Gasteiger partial charge in [0.05, 0.1) is 5.56 Å². The van der Waals surface area contributed by atoms with Crippen LogP contribution in [0, 0.1) is 6.92 Å². The van der Waals surface area contributed by atoms with Crippen LogP contribution in [0.5, 0.6) is 0 Å². The van der Waals surface area contributed by atoms with Crippen LogP contribution in [0.4, 0.5) is 0 Å². The molecule has 0 fully saturated rings. The summed E-state index contributed by atoms with van der Waals surface area (Å²) in [7, 11) is 0. The molecule has 0 aliphatic heterocycles. The number of nitrogens with one attached hydrogen (secondary N) is 2. The number of H-pyrrole nitrogens is 1. The van der Waals surface area contributed by atoms with Gasteiger partial charge in [-0.15, -0.1) is 0 Å². The molecule has 1 amide bonds. The number of amides is 1. The van der Waals surface area contributed by atoms with Gasteiger partial charge in [0.15, 0.2) is 0 Å². The van der Waals surface area contributed by atoms with Crippen molar-refractivity contribution in [1.82, 2.24) is 10.3 Å². The van der Waals surface area contributed by atoms with Crippen LogP contribution in [0.25, 0.3) is 10.9 Å². The van der Waals surface area contributed by atoms with Crippen LogP contribution in [-0.2, 0) is 6.54 Å². The lowest BCUT2D eigenvalue weighted by Crippen LogP contribution is -2.24. The highest BCUT2D eigenvalue weighted by molar-refractivity contribution is 9.10. The summed E-state index contributed by atoms with van der Waals surface area (Å²) in [6, 6.07) is 14.7. The normalized spacial score (nSPS) is 10.7. The number of aromatic amines is 1. The van der Waals surface area contributed by atoms with E-state index in [-0.39, 0.29) is 11.5 Å². The molecular formula is C18H15BrN2O2. The number of benzene rings is 2. The van der Waals surface area contributed by atoms with Gasteiger partial charge in [-0.1, -0.05) is 45.8 Å². The Hall–Kier alpha value is -2.40. The number of rotatable bonds is 3. The summed E-state index contributed by atoms with van der Waals surface area (Å²) < 4.78 is 0.852. The van der Waals surface area contributed by atoms with Gasteiger partial charge >= 0.3 is 0 Å². The zero-order chi connectivity index (χ0) is 16.4. The van der Waals surface area contributed by atoms with Crippen molar-refractivity contribution in [3.63, 3.8) is 0 Å². The smallest absolute Gasteiger partial charge is 0.252 e. The maximum atomic E-state index is 12.5. The standard InChI is InChI=1S/C18H15BrN2O2/c1-11-2-4-12(5-3-11)10-20-18(23)15-9-17(22)21-16-7-6-13(19)8-14(15)16/h2-9H,10H2,1H3,(H,20,23)(H,21,22). The van der Waals surface area contributed by atoms with Crippen molar-refractivity contribution in [2.45, 2.75) is 13.5 Å². The van der Waals surface area contributed by atoms with Gasteiger partial charge in [0.25, 0.3) is 5.91 Å². The van der Waals surface area contributed by atoms with Crippen molar-refractivity contribution in [1.29, 1.82) is 0 Å². The van der Waals surface area contributed by atoms with Crippen LogP contribution in [0.15, 0.2) is 57.8 Å². The van der Waals surface area contributed by atoms with Gasteiger partial charge in [0, 0.05) is 28.0 Å². The Morgan fingerprint density at radius 3 is 2.61 bits per heavy atom. The number of fused-ring (bicyclic) bond motifs is 1. The SMILES string of the molecule is Cc1ccc(CNC(=O)c2cc(=O)[nH]c3ccc(Br)cc23)cc1.